The molecular weight excluding hydrogens is 344 g/mol. The summed E-state index contributed by atoms with van der Waals surface area (Å²) >= 11 is 0. The lowest BCUT2D eigenvalue weighted by atomic mass is 10.1. The van der Waals surface area contributed by atoms with Crippen LogP contribution in [0.15, 0.2) is 52.9 Å². The molecule has 0 saturated heterocycles. The molecule has 2 heterocycles. The van der Waals surface area contributed by atoms with Crippen molar-refractivity contribution >= 4 is 11.8 Å². The highest BCUT2D eigenvalue weighted by Gasteiger charge is 2.36. The topological polar surface area (TPSA) is 72.6 Å². The van der Waals surface area contributed by atoms with Gasteiger partial charge in [-0.25, -0.2) is 4.98 Å². The number of nitrogens with zero attached hydrogens (tertiary/aromatic N) is 2. The van der Waals surface area contributed by atoms with Crippen LogP contribution in [0.4, 0.5) is 0 Å². The second-order valence-corrected chi connectivity index (χ2v) is 6.22. The predicted molar refractivity (Wildman–Crippen MR) is 98.5 cm³/mol. The first-order chi connectivity index (χ1) is 13.1. The zero-order chi connectivity index (χ0) is 19.0. The van der Waals surface area contributed by atoms with Gasteiger partial charge in [0.25, 0.3) is 11.8 Å². The van der Waals surface area contributed by atoms with Crippen LogP contribution in [0, 0.1) is 6.92 Å². The number of amides is 2. The van der Waals surface area contributed by atoms with Crippen molar-refractivity contribution in [2.75, 3.05) is 6.61 Å². The van der Waals surface area contributed by atoms with Gasteiger partial charge in [0.15, 0.2) is 0 Å². The summed E-state index contributed by atoms with van der Waals surface area (Å²) in [7, 11) is 0. The van der Waals surface area contributed by atoms with Gasteiger partial charge >= 0.3 is 0 Å². The van der Waals surface area contributed by atoms with E-state index in [9.17, 15) is 9.59 Å². The monoisotopic (exact) mass is 362 g/mol. The summed E-state index contributed by atoms with van der Waals surface area (Å²) in [5, 5.41) is 0. The molecule has 0 fully saturated rings. The van der Waals surface area contributed by atoms with E-state index in [0.717, 1.165) is 11.3 Å². The summed E-state index contributed by atoms with van der Waals surface area (Å²) in [5.74, 6) is 1.19. The Balaban J connectivity index is 1.58. The second-order valence-electron chi connectivity index (χ2n) is 6.22. The molecule has 0 unspecified atom stereocenters. The van der Waals surface area contributed by atoms with Gasteiger partial charge in [0.05, 0.1) is 24.3 Å². The standard InChI is InChI=1S/C21H18N2O4/c1-3-26-15-10-8-14(9-11-15)19-22-18(13(2)27-19)12-23-20(24)16-6-4-5-7-17(16)21(23)25/h4-11H,3,12H2,1-2H3. The lowest BCUT2D eigenvalue weighted by Gasteiger charge is -2.11. The number of hydrogen-bond acceptors (Lipinski definition) is 5. The Morgan fingerprint density at radius 2 is 1.63 bits per heavy atom. The van der Waals surface area contributed by atoms with Gasteiger partial charge in [0.1, 0.15) is 17.2 Å². The minimum atomic E-state index is -0.305. The van der Waals surface area contributed by atoms with Gasteiger partial charge in [0.2, 0.25) is 5.89 Å². The first kappa shape index (κ1) is 17.0. The minimum absolute atomic E-state index is 0.0821. The van der Waals surface area contributed by atoms with Gasteiger partial charge < -0.3 is 9.15 Å². The largest absolute Gasteiger partial charge is 0.494 e. The van der Waals surface area contributed by atoms with Crippen LogP contribution in [0.3, 0.4) is 0 Å². The summed E-state index contributed by atoms with van der Waals surface area (Å²) in [6.07, 6.45) is 0. The molecule has 1 aliphatic heterocycles. The molecule has 4 rings (SSSR count). The van der Waals surface area contributed by atoms with E-state index in [4.69, 9.17) is 9.15 Å². The van der Waals surface area contributed by atoms with Crippen LogP contribution in [-0.2, 0) is 6.54 Å². The number of aromatic nitrogens is 1. The summed E-state index contributed by atoms with van der Waals surface area (Å²) in [4.78, 5) is 30.8. The van der Waals surface area contributed by atoms with Crippen LogP contribution in [-0.4, -0.2) is 28.3 Å². The third-order valence-electron chi connectivity index (χ3n) is 4.49. The van der Waals surface area contributed by atoms with E-state index < -0.39 is 0 Å². The molecule has 0 spiro atoms. The zero-order valence-corrected chi connectivity index (χ0v) is 15.1. The normalized spacial score (nSPS) is 13.2. The van der Waals surface area contributed by atoms with Crippen molar-refractivity contribution in [1.82, 2.24) is 9.88 Å². The highest BCUT2D eigenvalue weighted by Crippen LogP contribution is 2.28. The van der Waals surface area contributed by atoms with Gasteiger partial charge in [0, 0.05) is 5.56 Å². The van der Waals surface area contributed by atoms with E-state index in [2.05, 4.69) is 4.98 Å². The summed E-state index contributed by atoms with van der Waals surface area (Å²) in [6.45, 7) is 4.38. The molecule has 0 radical (unpaired) electrons. The van der Waals surface area contributed by atoms with Crippen molar-refractivity contribution in [3.05, 3.63) is 71.1 Å². The SMILES string of the molecule is CCOc1ccc(-c2nc(CN3C(=O)c4ccccc4C3=O)c(C)o2)cc1. The lowest BCUT2D eigenvalue weighted by Crippen LogP contribution is -2.29. The Morgan fingerprint density at radius 1 is 1.00 bits per heavy atom. The maximum Gasteiger partial charge on any atom is 0.261 e. The van der Waals surface area contributed by atoms with Crippen molar-refractivity contribution in [2.24, 2.45) is 0 Å². The number of hydrogen-bond donors (Lipinski definition) is 0. The lowest BCUT2D eigenvalue weighted by molar-refractivity contribution is 0.0640. The summed E-state index contributed by atoms with van der Waals surface area (Å²) < 4.78 is 11.2. The predicted octanol–water partition coefficient (Wildman–Crippen LogP) is 3.84. The van der Waals surface area contributed by atoms with E-state index in [1.165, 1.54) is 4.90 Å². The van der Waals surface area contributed by atoms with Crippen molar-refractivity contribution in [1.29, 1.82) is 0 Å². The highest BCUT2D eigenvalue weighted by atomic mass is 16.5. The smallest absolute Gasteiger partial charge is 0.261 e. The van der Waals surface area contributed by atoms with Crippen molar-refractivity contribution in [3.8, 4) is 17.2 Å². The molecule has 0 atom stereocenters. The number of carbonyl (C=O) groups excluding carboxylic acids is 2. The van der Waals surface area contributed by atoms with E-state index in [1.807, 2.05) is 31.2 Å². The molecule has 1 aliphatic rings. The van der Waals surface area contributed by atoms with Crippen molar-refractivity contribution in [3.63, 3.8) is 0 Å². The molecule has 3 aromatic rings. The van der Waals surface area contributed by atoms with Crippen LogP contribution in [0.25, 0.3) is 11.5 Å². The molecular formula is C21H18N2O4. The summed E-state index contributed by atoms with van der Waals surface area (Å²) in [6, 6.07) is 14.2. The van der Waals surface area contributed by atoms with Gasteiger partial charge in [-0.1, -0.05) is 12.1 Å². The number of rotatable bonds is 5. The average Bonchev–Trinajstić information content (AvgIpc) is 3.16. The molecule has 2 aromatic carbocycles. The fraction of sp³-hybridized carbons (Fsp3) is 0.190. The van der Waals surface area contributed by atoms with Crippen LogP contribution in [0.5, 0.6) is 5.75 Å². The van der Waals surface area contributed by atoms with Crippen molar-refractivity contribution < 1.29 is 18.7 Å². The highest BCUT2D eigenvalue weighted by molar-refractivity contribution is 6.21. The first-order valence-corrected chi connectivity index (χ1v) is 8.73. The number of oxazole rings is 1. The number of aryl methyl sites for hydroxylation is 1. The van der Waals surface area contributed by atoms with E-state index >= 15 is 0 Å². The number of benzene rings is 2. The van der Waals surface area contributed by atoms with Crippen LogP contribution >= 0.6 is 0 Å². The number of fused-ring (bicyclic) bond motifs is 1. The molecule has 0 saturated carbocycles. The third kappa shape index (κ3) is 2.99. The molecule has 2 amide bonds. The maximum absolute atomic E-state index is 12.5. The maximum atomic E-state index is 12.5. The fourth-order valence-corrected chi connectivity index (χ4v) is 3.09. The molecule has 27 heavy (non-hydrogen) atoms. The van der Waals surface area contributed by atoms with E-state index in [0.29, 0.717) is 35.1 Å². The van der Waals surface area contributed by atoms with Crippen molar-refractivity contribution in [2.45, 2.75) is 20.4 Å². The van der Waals surface area contributed by atoms with Gasteiger partial charge in [-0.05, 0) is 50.2 Å². The quantitative estimate of drug-likeness (QED) is 0.645. The molecule has 136 valence electrons. The average molecular weight is 362 g/mol. The van der Waals surface area contributed by atoms with E-state index in [1.54, 1.807) is 31.2 Å². The molecule has 6 nitrogen and oxygen atoms in total. The number of imide groups is 1. The molecule has 0 bridgehead atoms. The Morgan fingerprint density at radius 3 is 2.22 bits per heavy atom. The van der Waals surface area contributed by atoms with Crippen LogP contribution in [0.1, 0.15) is 39.1 Å². The Hall–Kier alpha value is -3.41. The van der Waals surface area contributed by atoms with Gasteiger partial charge in [-0.3, -0.25) is 14.5 Å². The second kappa shape index (κ2) is 6.72. The Kier molecular flexibility index (Phi) is 4.24. The molecule has 1 aromatic heterocycles. The Bertz CT molecular complexity index is 986. The number of carbonyl (C=O) groups is 2. The number of ether oxygens (including phenoxy) is 1. The summed E-state index contributed by atoms with van der Waals surface area (Å²) in [5.41, 5.74) is 2.22. The first-order valence-electron chi connectivity index (χ1n) is 8.73. The molecule has 6 heteroatoms. The fourth-order valence-electron chi connectivity index (χ4n) is 3.09. The van der Waals surface area contributed by atoms with Gasteiger partial charge in [-0.15, -0.1) is 0 Å². The van der Waals surface area contributed by atoms with Crippen LogP contribution in [0.2, 0.25) is 0 Å². The third-order valence-corrected chi connectivity index (χ3v) is 4.49. The molecule has 0 aliphatic carbocycles. The minimum Gasteiger partial charge on any atom is -0.494 e. The molecule has 0 N–H and O–H groups in total. The zero-order valence-electron chi connectivity index (χ0n) is 15.1. The van der Waals surface area contributed by atoms with E-state index in [-0.39, 0.29) is 18.4 Å². The van der Waals surface area contributed by atoms with Gasteiger partial charge in [-0.2, -0.15) is 0 Å². The van der Waals surface area contributed by atoms with Crippen LogP contribution < -0.4 is 4.74 Å². The Labute approximate surface area is 156 Å².